The molecule has 21 heavy (non-hydrogen) atoms. The molecule has 0 aliphatic rings. The van der Waals surface area contributed by atoms with E-state index in [1.807, 2.05) is 0 Å². The molecule has 2 N–H and O–H groups in total. The maximum atomic E-state index is 14.1. The van der Waals surface area contributed by atoms with E-state index in [1.165, 1.54) is 30.9 Å². The average molecular weight is 288 g/mol. The standard InChI is InChI=1S/C13H9FN4O3/c14-11-7(2-1-3-10(11)18(20)21)12(19)8-5-16-13-9(8)4-15-6-17-13/h1-6,12,19H,(H,15,16,17). The highest BCUT2D eigenvalue weighted by Gasteiger charge is 2.24. The van der Waals surface area contributed by atoms with E-state index >= 15 is 0 Å². The van der Waals surface area contributed by atoms with Crippen LogP contribution in [-0.4, -0.2) is 25.0 Å². The van der Waals surface area contributed by atoms with Gasteiger partial charge >= 0.3 is 5.69 Å². The summed E-state index contributed by atoms with van der Waals surface area (Å²) in [6.45, 7) is 0. The number of nitro groups is 1. The van der Waals surface area contributed by atoms with Gasteiger partial charge in [-0.2, -0.15) is 4.39 Å². The number of nitrogens with one attached hydrogen (secondary N) is 1. The molecule has 0 fully saturated rings. The minimum Gasteiger partial charge on any atom is -0.383 e. The summed E-state index contributed by atoms with van der Waals surface area (Å²) in [5.41, 5.74) is -0.00789. The normalized spacial score (nSPS) is 12.5. The third-order valence-electron chi connectivity index (χ3n) is 3.18. The number of aliphatic hydroxyl groups excluding tert-OH is 1. The second kappa shape index (κ2) is 4.91. The Labute approximate surface area is 117 Å². The largest absolute Gasteiger partial charge is 0.383 e. The van der Waals surface area contributed by atoms with Gasteiger partial charge in [0.25, 0.3) is 0 Å². The number of benzene rings is 1. The fourth-order valence-electron chi connectivity index (χ4n) is 2.16. The van der Waals surface area contributed by atoms with E-state index in [1.54, 1.807) is 0 Å². The molecule has 7 nitrogen and oxygen atoms in total. The van der Waals surface area contributed by atoms with Crippen molar-refractivity contribution in [3.05, 3.63) is 64.0 Å². The maximum absolute atomic E-state index is 14.1. The van der Waals surface area contributed by atoms with Gasteiger partial charge in [-0.05, 0) is 0 Å². The van der Waals surface area contributed by atoms with Crippen molar-refractivity contribution in [2.24, 2.45) is 0 Å². The molecule has 0 saturated heterocycles. The molecule has 0 spiro atoms. The van der Waals surface area contributed by atoms with Gasteiger partial charge in [-0.15, -0.1) is 0 Å². The molecule has 0 aliphatic heterocycles. The minimum absolute atomic E-state index is 0.172. The van der Waals surface area contributed by atoms with Gasteiger partial charge in [0.2, 0.25) is 5.82 Å². The topological polar surface area (TPSA) is 105 Å². The maximum Gasteiger partial charge on any atom is 0.305 e. The lowest BCUT2D eigenvalue weighted by Gasteiger charge is -2.11. The number of aromatic nitrogens is 3. The van der Waals surface area contributed by atoms with Crippen LogP contribution in [0.15, 0.2) is 36.9 Å². The van der Waals surface area contributed by atoms with E-state index < -0.39 is 22.5 Å². The SMILES string of the molecule is O=[N+]([O-])c1cccc(C(O)c2c[nH]c3ncncc23)c1F. The number of nitro benzene ring substituents is 1. The van der Waals surface area contributed by atoms with Crippen molar-refractivity contribution < 1.29 is 14.4 Å². The van der Waals surface area contributed by atoms with Gasteiger partial charge in [-0.3, -0.25) is 10.1 Å². The number of aromatic amines is 1. The van der Waals surface area contributed by atoms with Crippen molar-refractivity contribution >= 4 is 16.7 Å². The van der Waals surface area contributed by atoms with Gasteiger partial charge in [0.05, 0.1) is 4.92 Å². The molecule has 0 aliphatic carbocycles. The van der Waals surface area contributed by atoms with Crippen molar-refractivity contribution in [1.29, 1.82) is 0 Å². The fraction of sp³-hybridized carbons (Fsp3) is 0.0769. The second-order valence-electron chi connectivity index (χ2n) is 4.37. The van der Waals surface area contributed by atoms with Crippen LogP contribution in [0.3, 0.4) is 0 Å². The first-order chi connectivity index (χ1) is 10.1. The first-order valence-electron chi connectivity index (χ1n) is 5.97. The lowest BCUT2D eigenvalue weighted by atomic mass is 10.0. The molecule has 8 heteroatoms. The molecule has 0 saturated carbocycles. The van der Waals surface area contributed by atoms with Crippen molar-refractivity contribution in [2.45, 2.75) is 6.10 Å². The molecule has 3 rings (SSSR count). The Hall–Kier alpha value is -2.87. The molecule has 1 unspecified atom stereocenters. The second-order valence-corrected chi connectivity index (χ2v) is 4.37. The third kappa shape index (κ3) is 2.11. The fourth-order valence-corrected chi connectivity index (χ4v) is 2.16. The van der Waals surface area contributed by atoms with Crippen LogP contribution in [0.4, 0.5) is 10.1 Å². The molecule has 3 aromatic rings. The zero-order valence-electron chi connectivity index (χ0n) is 10.5. The molecule has 2 heterocycles. The van der Waals surface area contributed by atoms with E-state index in [0.717, 1.165) is 6.07 Å². The van der Waals surface area contributed by atoms with Crippen LogP contribution in [-0.2, 0) is 0 Å². The Morgan fingerprint density at radius 1 is 1.38 bits per heavy atom. The van der Waals surface area contributed by atoms with Gasteiger partial charge in [-0.25, -0.2) is 9.97 Å². The highest BCUT2D eigenvalue weighted by molar-refractivity contribution is 5.79. The van der Waals surface area contributed by atoms with Gasteiger partial charge in [-0.1, -0.05) is 12.1 Å². The number of aliphatic hydroxyl groups is 1. The summed E-state index contributed by atoms with van der Waals surface area (Å²) in [4.78, 5) is 20.6. The van der Waals surface area contributed by atoms with Crippen LogP contribution >= 0.6 is 0 Å². The van der Waals surface area contributed by atoms with Gasteiger partial charge in [0.1, 0.15) is 18.1 Å². The van der Waals surface area contributed by atoms with Crippen molar-refractivity contribution in [2.75, 3.05) is 0 Å². The predicted molar refractivity (Wildman–Crippen MR) is 71.0 cm³/mol. The minimum atomic E-state index is -1.36. The van der Waals surface area contributed by atoms with E-state index in [2.05, 4.69) is 15.0 Å². The van der Waals surface area contributed by atoms with Crippen molar-refractivity contribution in [1.82, 2.24) is 15.0 Å². The van der Waals surface area contributed by atoms with Crippen LogP contribution < -0.4 is 0 Å². The quantitative estimate of drug-likeness (QED) is 0.567. The molecule has 2 aromatic heterocycles. The Morgan fingerprint density at radius 3 is 2.95 bits per heavy atom. The molecular formula is C13H9FN4O3. The van der Waals surface area contributed by atoms with Gasteiger partial charge in [0, 0.05) is 35.0 Å². The molecule has 0 radical (unpaired) electrons. The van der Waals surface area contributed by atoms with E-state index in [4.69, 9.17) is 0 Å². The Kier molecular flexibility index (Phi) is 3.07. The van der Waals surface area contributed by atoms with Crippen LogP contribution in [0.1, 0.15) is 17.2 Å². The Morgan fingerprint density at radius 2 is 2.19 bits per heavy atom. The van der Waals surface area contributed by atoms with Crippen LogP contribution in [0.2, 0.25) is 0 Å². The zero-order chi connectivity index (χ0) is 15.0. The number of nitrogens with zero attached hydrogens (tertiary/aromatic N) is 3. The summed E-state index contributed by atoms with van der Waals surface area (Å²) in [5, 5.41) is 21.6. The molecule has 1 aromatic carbocycles. The molecule has 106 valence electrons. The first kappa shape index (κ1) is 13.1. The summed E-state index contributed by atoms with van der Waals surface area (Å²) in [6.07, 6.45) is 2.93. The van der Waals surface area contributed by atoms with E-state index in [0.29, 0.717) is 16.6 Å². The summed E-state index contributed by atoms with van der Waals surface area (Å²) >= 11 is 0. The van der Waals surface area contributed by atoms with Gasteiger partial charge < -0.3 is 10.1 Å². The van der Waals surface area contributed by atoms with Gasteiger partial charge in [0.15, 0.2) is 0 Å². The van der Waals surface area contributed by atoms with Crippen molar-refractivity contribution in [3.63, 3.8) is 0 Å². The highest BCUT2D eigenvalue weighted by Crippen LogP contribution is 2.32. The number of hydrogen-bond donors (Lipinski definition) is 2. The number of hydrogen-bond acceptors (Lipinski definition) is 5. The third-order valence-corrected chi connectivity index (χ3v) is 3.18. The van der Waals surface area contributed by atoms with Crippen LogP contribution in [0.5, 0.6) is 0 Å². The predicted octanol–water partition coefficient (Wildman–Crippen LogP) is 2.09. The summed E-state index contributed by atoms with van der Waals surface area (Å²) in [5.74, 6) is -1.05. The molecule has 0 amide bonds. The van der Waals surface area contributed by atoms with Crippen LogP contribution in [0, 0.1) is 15.9 Å². The number of halogens is 1. The van der Waals surface area contributed by atoms with Crippen molar-refractivity contribution in [3.8, 4) is 0 Å². The lowest BCUT2D eigenvalue weighted by Crippen LogP contribution is -2.04. The first-order valence-corrected chi connectivity index (χ1v) is 5.97. The summed E-state index contributed by atoms with van der Waals surface area (Å²) in [6, 6.07) is 3.67. The van der Waals surface area contributed by atoms with E-state index in [-0.39, 0.29) is 5.56 Å². The highest BCUT2D eigenvalue weighted by atomic mass is 19.1. The monoisotopic (exact) mass is 288 g/mol. The summed E-state index contributed by atoms with van der Waals surface area (Å²) in [7, 11) is 0. The molecular weight excluding hydrogens is 279 g/mol. The number of fused-ring (bicyclic) bond motifs is 1. The zero-order valence-corrected chi connectivity index (χ0v) is 10.5. The smallest absolute Gasteiger partial charge is 0.305 e. The number of H-pyrrole nitrogens is 1. The number of rotatable bonds is 3. The molecule has 1 atom stereocenters. The summed E-state index contributed by atoms with van der Waals surface area (Å²) < 4.78 is 14.1. The van der Waals surface area contributed by atoms with Crippen LogP contribution in [0.25, 0.3) is 11.0 Å². The molecule has 0 bridgehead atoms. The van der Waals surface area contributed by atoms with E-state index in [9.17, 15) is 19.6 Å². The average Bonchev–Trinajstić information content (AvgIpc) is 2.90. The Bertz CT molecular complexity index is 833. The lowest BCUT2D eigenvalue weighted by molar-refractivity contribution is -0.387. The Balaban J connectivity index is 2.12.